The Morgan fingerprint density at radius 1 is 1.37 bits per heavy atom. The maximum absolute atomic E-state index is 13.3. The Labute approximate surface area is 115 Å². The van der Waals surface area contributed by atoms with E-state index in [1.54, 1.807) is 13.0 Å². The minimum absolute atomic E-state index is 0.238. The highest BCUT2D eigenvalue weighted by molar-refractivity contribution is 5.67. The van der Waals surface area contributed by atoms with E-state index in [4.69, 9.17) is 5.73 Å². The number of nitrogens with two attached hydrogens (primary N) is 1. The molecule has 3 nitrogen and oxygen atoms in total. The third-order valence-electron chi connectivity index (χ3n) is 4.04. The van der Waals surface area contributed by atoms with Gasteiger partial charge in [-0.2, -0.15) is 0 Å². The molecule has 0 aliphatic carbocycles. The second-order valence-electron chi connectivity index (χ2n) is 5.65. The summed E-state index contributed by atoms with van der Waals surface area (Å²) < 4.78 is 13.3. The quantitative estimate of drug-likeness (QED) is 0.823. The fourth-order valence-corrected chi connectivity index (χ4v) is 2.61. The molecule has 0 radical (unpaired) electrons. The second-order valence-corrected chi connectivity index (χ2v) is 5.65. The Bertz CT molecular complexity index is 426. The molecule has 0 atom stereocenters. The van der Waals surface area contributed by atoms with Gasteiger partial charge in [0.1, 0.15) is 5.82 Å². The van der Waals surface area contributed by atoms with Crippen LogP contribution < -0.4 is 11.1 Å². The van der Waals surface area contributed by atoms with Gasteiger partial charge in [-0.25, -0.2) is 4.39 Å². The highest BCUT2D eigenvalue weighted by Crippen LogP contribution is 2.24. The maximum Gasteiger partial charge on any atom is 0.128 e. The number of nitrogens with one attached hydrogen (secondary N) is 1. The summed E-state index contributed by atoms with van der Waals surface area (Å²) in [6.07, 6.45) is 3.70. The fraction of sp³-hybridized carbons (Fsp3) is 0.600. The maximum atomic E-state index is 13.3. The molecule has 2 rings (SSSR count). The van der Waals surface area contributed by atoms with E-state index < -0.39 is 0 Å². The summed E-state index contributed by atoms with van der Waals surface area (Å²) in [7, 11) is 2.18. The van der Waals surface area contributed by atoms with Gasteiger partial charge in [-0.3, -0.25) is 0 Å². The van der Waals surface area contributed by atoms with Gasteiger partial charge in [-0.05, 0) is 69.9 Å². The Morgan fingerprint density at radius 3 is 2.74 bits per heavy atom. The molecule has 0 saturated carbocycles. The van der Waals surface area contributed by atoms with Crippen molar-refractivity contribution in [2.24, 2.45) is 5.92 Å². The summed E-state index contributed by atoms with van der Waals surface area (Å²) in [6.45, 7) is 5.06. The molecule has 1 aromatic carbocycles. The average Bonchev–Trinajstić information content (AvgIpc) is 2.38. The lowest BCUT2D eigenvalue weighted by molar-refractivity contribution is 0.215. The smallest absolute Gasteiger partial charge is 0.128 e. The molecule has 0 amide bonds. The van der Waals surface area contributed by atoms with Gasteiger partial charge in [0.2, 0.25) is 0 Å². The van der Waals surface area contributed by atoms with Crippen LogP contribution in [0.5, 0.6) is 0 Å². The highest BCUT2D eigenvalue weighted by atomic mass is 19.1. The number of piperidine rings is 1. The first kappa shape index (κ1) is 14.1. The first-order valence-corrected chi connectivity index (χ1v) is 7.04. The van der Waals surface area contributed by atoms with Gasteiger partial charge in [0, 0.05) is 6.54 Å². The number of hydrogen-bond acceptors (Lipinski definition) is 3. The second kappa shape index (κ2) is 6.24. The van der Waals surface area contributed by atoms with Crippen LogP contribution in [0.2, 0.25) is 0 Å². The number of nitrogens with zero attached hydrogens (tertiary/aromatic N) is 1. The number of rotatable bonds is 4. The van der Waals surface area contributed by atoms with Crippen LogP contribution in [0.1, 0.15) is 24.8 Å². The Kier molecular flexibility index (Phi) is 4.64. The minimum atomic E-state index is -0.238. The van der Waals surface area contributed by atoms with Crippen LogP contribution in [0.15, 0.2) is 12.1 Å². The molecule has 1 saturated heterocycles. The van der Waals surface area contributed by atoms with Crippen molar-refractivity contribution < 1.29 is 4.39 Å². The molecule has 1 aromatic rings. The Morgan fingerprint density at radius 2 is 2.05 bits per heavy atom. The molecule has 106 valence electrons. The largest absolute Gasteiger partial charge is 0.397 e. The van der Waals surface area contributed by atoms with Crippen molar-refractivity contribution in [2.75, 3.05) is 37.7 Å². The van der Waals surface area contributed by atoms with Gasteiger partial charge in [0.25, 0.3) is 0 Å². The van der Waals surface area contributed by atoms with Gasteiger partial charge < -0.3 is 16.0 Å². The summed E-state index contributed by atoms with van der Waals surface area (Å²) >= 11 is 0. The third-order valence-corrected chi connectivity index (χ3v) is 4.04. The summed E-state index contributed by atoms with van der Waals surface area (Å²) in [6, 6.07) is 3.19. The number of likely N-dealkylation sites (tertiary alicyclic amines) is 1. The zero-order valence-electron chi connectivity index (χ0n) is 11.9. The van der Waals surface area contributed by atoms with E-state index in [0.717, 1.165) is 24.6 Å². The monoisotopic (exact) mass is 265 g/mol. The van der Waals surface area contributed by atoms with Crippen LogP contribution in [-0.4, -0.2) is 31.6 Å². The van der Waals surface area contributed by atoms with Crippen LogP contribution in [-0.2, 0) is 0 Å². The van der Waals surface area contributed by atoms with Crippen molar-refractivity contribution in [1.82, 2.24) is 4.90 Å². The van der Waals surface area contributed by atoms with Gasteiger partial charge in [-0.1, -0.05) is 0 Å². The summed E-state index contributed by atoms with van der Waals surface area (Å²) in [5, 5.41) is 3.33. The van der Waals surface area contributed by atoms with Gasteiger partial charge >= 0.3 is 0 Å². The molecule has 19 heavy (non-hydrogen) atoms. The van der Waals surface area contributed by atoms with E-state index in [1.165, 1.54) is 32.0 Å². The van der Waals surface area contributed by atoms with Crippen molar-refractivity contribution >= 4 is 11.4 Å². The number of anilines is 2. The molecule has 3 N–H and O–H groups in total. The van der Waals surface area contributed by atoms with Gasteiger partial charge in [0.15, 0.2) is 0 Å². The zero-order chi connectivity index (χ0) is 13.8. The zero-order valence-corrected chi connectivity index (χ0v) is 11.9. The summed E-state index contributed by atoms with van der Waals surface area (Å²) in [5.41, 5.74) is 7.80. The molecule has 1 fully saturated rings. The summed E-state index contributed by atoms with van der Waals surface area (Å²) in [5.74, 6) is 0.560. The molecule has 1 aliphatic heterocycles. The fourth-order valence-electron chi connectivity index (χ4n) is 2.61. The molecular formula is C15H24FN3. The molecule has 0 bridgehead atoms. The number of halogens is 1. The number of benzene rings is 1. The van der Waals surface area contributed by atoms with Gasteiger partial charge in [-0.15, -0.1) is 0 Å². The number of nitrogen functional groups attached to an aromatic ring is 1. The van der Waals surface area contributed by atoms with Crippen molar-refractivity contribution in [1.29, 1.82) is 0 Å². The SMILES string of the molecule is Cc1cc(NCCC2CCN(C)CC2)c(N)cc1F. The van der Waals surface area contributed by atoms with Crippen molar-refractivity contribution in [3.05, 3.63) is 23.5 Å². The van der Waals surface area contributed by atoms with Crippen molar-refractivity contribution in [3.63, 3.8) is 0 Å². The van der Waals surface area contributed by atoms with Crippen LogP contribution in [0.4, 0.5) is 15.8 Å². The standard InChI is InChI=1S/C15H24FN3/c1-11-9-15(14(17)10-13(11)16)18-6-3-12-4-7-19(2)8-5-12/h9-10,12,18H,3-8,17H2,1-2H3. The lowest BCUT2D eigenvalue weighted by Gasteiger charge is -2.29. The average molecular weight is 265 g/mol. The van der Waals surface area contributed by atoms with Crippen LogP contribution in [0.25, 0.3) is 0 Å². The van der Waals surface area contributed by atoms with E-state index in [2.05, 4.69) is 17.3 Å². The molecule has 1 aliphatic rings. The van der Waals surface area contributed by atoms with Crippen LogP contribution in [0.3, 0.4) is 0 Å². The summed E-state index contributed by atoms with van der Waals surface area (Å²) in [4.78, 5) is 2.38. The third kappa shape index (κ3) is 3.83. The predicted molar refractivity (Wildman–Crippen MR) is 78.9 cm³/mol. The lowest BCUT2D eigenvalue weighted by atomic mass is 9.94. The normalized spacial score (nSPS) is 17.6. The molecule has 0 spiro atoms. The van der Waals surface area contributed by atoms with E-state index in [1.807, 2.05) is 0 Å². The lowest BCUT2D eigenvalue weighted by Crippen LogP contribution is -2.30. The number of hydrogen-bond donors (Lipinski definition) is 2. The van der Waals surface area contributed by atoms with Crippen LogP contribution in [0, 0.1) is 18.7 Å². The first-order chi connectivity index (χ1) is 9.06. The Hall–Kier alpha value is -1.29. The minimum Gasteiger partial charge on any atom is -0.397 e. The Balaban J connectivity index is 1.81. The van der Waals surface area contributed by atoms with E-state index in [0.29, 0.717) is 11.3 Å². The van der Waals surface area contributed by atoms with E-state index in [9.17, 15) is 4.39 Å². The molecule has 0 aromatic heterocycles. The van der Waals surface area contributed by atoms with E-state index in [-0.39, 0.29) is 5.82 Å². The van der Waals surface area contributed by atoms with Crippen molar-refractivity contribution in [2.45, 2.75) is 26.2 Å². The topological polar surface area (TPSA) is 41.3 Å². The van der Waals surface area contributed by atoms with Crippen LogP contribution >= 0.6 is 0 Å². The first-order valence-electron chi connectivity index (χ1n) is 7.04. The molecule has 1 heterocycles. The molecule has 0 unspecified atom stereocenters. The van der Waals surface area contributed by atoms with Crippen molar-refractivity contribution in [3.8, 4) is 0 Å². The molecular weight excluding hydrogens is 241 g/mol. The molecule has 4 heteroatoms. The number of aryl methyl sites for hydroxylation is 1. The van der Waals surface area contributed by atoms with E-state index >= 15 is 0 Å². The van der Waals surface area contributed by atoms with Gasteiger partial charge in [0.05, 0.1) is 11.4 Å². The predicted octanol–water partition coefficient (Wildman–Crippen LogP) is 2.86. The highest BCUT2D eigenvalue weighted by Gasteiger charge is 2.16.